The van der Waals surface area contributed by atoms with Gasteiger partial charge in [0.1, 0.15) is 0 Å². The Labute approximate surface area is 174 Å². The van der Waals surface area contributed by atoms with Crippen LogP contribution in [0.5, 0.6) is 0 Å². The van der Waals surface area contributed by atoms with Crippen molar-refractivity contribution < 1.29 is 4.79 Å². The third-order valence-corrected chi connectivity index (χ3v) is 6.19. The predicted molar refractivity (Wildman–Crippen MR) is 118 cm³/mol. The molecule has 1 aliphatic heterocycles. The zero-order valence-corrected chi connectivity index (χ0v) is 17.3. The molecule has 1 fully saturated rings. The van der Waals surface area contributed by atoms with E-state index in [0.29, 0.717) is 0 Å². The number of fused-ring (bicyclic) bond motifs is 1. The van der Waals surface area contributed by atoms with Gasteiger partial charge in [0.25, 0.3) is 0 Å². The van der Waals surface area contributed by atoms with Crippen LogP contribution in [-0.2, 0) is 6.42 Å². The molecule has 2 aromatic carbocycles. The quantitative estimate of drug-likeness (QED) is 0.790. The Morgan fingerprint density at radius 2 is 1.76 bits per heavy atom. The van der Waals surface area contributed by atoms with Crippen molar-refractivity contribution in [3.05, 3.63) is 65.7 Å². The number of hydrogen-bond donors (Lipinski definition) is 2. The van der Waals surface area contributed by atoms with Crippen molar-refractivity contribution in [3.8, 4) is 0 Å². The lowest BCUT2D eigenvalue weighted by Gasteiger charge is -2.36. The molecule has 1 saturated heterocycles. The van der Waals surface area contributed by atoms with Crippen LogP contribution in [0.3, 0.4) is 0 Å². The maximum absolute atomic E-state index is 12.4. The average Bonchev–Trinajstić information content (AvgIpc) is 3.16. The number of carbonyl (C=O) groups is 1. The Kier molecular flexibility index (Phi) is 6.35. The number of amides is 2. The molecule has 0 bridgehead atoms. The SMILES string of the molecule is C[C@@H](CCN1CCN(c2ccccc2)CC1)NC(=O)N[C@@H]1CCc2ccccc21. The van der Waals surface area contributed by atoms with Crippen LogP contribution in [0.2, 0.25) is 0 Å². The van der Waals surface area contributed by atoms with Gasteiger partial charge in [-0.15, -0.1) is 0 Å². The Morgan fingerprint density at radius 3 is 2.55 bits per heavy atom. The van der Waals surface area contributed by atoms with Crippen molar-refractivity contribution >= 4 is 11.7 Å². The van der Waals surface area contributed by atoms with Gasteiger partial charge in [-0.25, -0.2) is 4.79 Å². The van der Waals surface area contributed by atoms with E-state index in [-0.39, 0.29) is 18.1 Å². The number of benzene rings is 2. The second-order valence-electron chi connectivity index (χ2n) is 8.26. The number of nitrogens with zero attached hydrogens (tertiary/aromatic N) is 2. The van der Waals surface area contributed by atoms with E-state index in [9.17, 15) is 4.79 Å². The fraction of sp³-hybridized carbons (Fsp3) is 0.458. The number of nitrogens with one attached hydrogen (secondary N) is 2. The van der Waals surface area contributed by atoms with Gasteiger partial charge in [-0.3, -0.25) is 4.90 Å². The molecule has 0 radical (unpaired) electrons. The molecule has 2 amide bonds. The second-order valence-corrected chi connectivity index (χ2v) is 8.26. The van der Waals surface area contributed by atoms with Crippen molar-refractivity contribution in [2.45, 2.75) is 38.3 Å². The topological polar surface area (TPSA) is 47.6 Å². The van der Waals surface area contributed by atoms with Gasteiger partial charge >= 0.3 is 6.03 Å². The normalized spacial score (nSPS) is 20.2. The van der Waals surface area contributed by atoms with Gasteiger partial charge < -0.3 is 15.5 Å². The minimum atomic E-state index is -0.0481. The van der Waals surface area contributed by atoms with E-state index >= 15 is 0 Å². The van der Waals surface area contributed by atoms with Gasteiger partial charge in [0.15, 0.2) is 0 Å². The van der Waals surface area contributed by atoms with Gasteiger partial charge in [-0.2, -0.15) is 0 Å². The maximum atomic E-state index is 12.4. The van der Waals surface area contributed by atoms with E-state index in [1.165, 1.54) is 16.8 Å². The van der Waals surface area contributed by atoms with Crippen LogP contribution in [0.15, 0.2) is 54.6 Å². The number of aryl methyl sites for hydroxylation is 1. The molecule has 0 aromatic heterocycles. The van der Waals surface area contributed by atoms with Crippen molar-refractivity contribution in [2.24, 2.45) is 0 Å². The highest BCUT2D eigenvalue weighted by molar-refractivity contribution is 5.75. The van der Waals surface area contributed by atoms with Gasteiger partial charge in [-0.05, 0) is 49.4 Å². The summed E-state index contributed by atoms with van der Waals surface area (Å²) < 4.78 is 0. The van der Waals surface area contributed by atoms with E-state index in [1.807, 2.05) is 0 Å². The third-order valence-electron chi connectivity index (χ3n) is 6.19. The summed E-state index contributed by atoms with van der Waals surface area (Å²) in [4.78, 5) is 17.4. The van der Waals surface area contributed by atoms with E-state index in [2.05, 4.69) is 82.0 Å². The van der Waals surface area contributed by atoms with E-state index < -0.39 is 0 Å². The van der Waals surface area contributed by atoms with E-state index in [1.54, 1.807) is 0 Å². The van der Waals surface area contributed by atoms with Crippen molar-refractivity contribution in [1.82, 2.24) is 15.5 Å². The second kappa shape index (κ2) is 9.31. The summed E-state index contributed by atoms with van der Waals surface area (Å²) in [6.45, 7) is 7.40. The van der Waals surface area contributed by atoms with E-state index in [0.717, 1.165) is 52.0 Å². The number of urea groups is 1. The van der Waals surface area contributed by atoms with Gasteiger partial charge in [-0.1, -0.05) is 42.5 Å². The third kappa shape index (κ3) is 5.10. The molecule has 1 heterocycles. The highest BCUT2D eigenvalue weighted by Crippen LogP contribution is 2.30. The molecule has 0 unspecified atom stereocenters. The van der Waals surface area contributed by atoms with Crippen LogP contribution in [0.4, 0.5) is 10.5 Å². The molecule has 2 atom stereocenters. The number of rotatable bonds is 6. The lowest BCUT2D eigenvalue weighted by Crippen LogP contribution is -2.48. The van der Waals surface area contributed by atoms with Crippen LogP contribution >= 0.6 is 0 Å². The van der Waals surface area contributed by atoms with Gasteiger partial charge in [0.05, 0.1) is 6.04 Å². The summed E-state index contributed by atoms with van der Waals surface area (Å²) in [7, 11) is 0. The van der Waals surface area contributed by atoms with Crippen molar-refractivity contribution in [2.75, 3.05) is 37.6 Å². The number of piperazine rings is 1. The number of anilines is 1. The highest BCUT2D eigenvalue weighted by atomic mass is 16.2. The Balaban J connectivity index is 1.16. The van der Waals surface area contributed by atoms with E-state index in [4.69, 9.17) is 0 Å². The number of carbonyl (C=O) groups excluding carboxylic acids is 1. The minimum absolute atomic E-state index is 0.0481. The van der Waals surface area contributed by atoms with Gasteiger partial charge in [0, 0.05) is 44.5 Å². The first-order chi connectivity index (χ1) is 14.2. The molecule has 154 valence electrons. The zero-order valence-electron chi connectivity index (χ0n) is 17.3. The lowest BCUT2D eigenvalue weighted by atomic mass is 10.1. The summed E-state index contributed by atoms with van der Waals surface area (Å²) in [5.41, 5.74) is 3.94. The average molecular weight is 393 g/mol. The minimum Gasteiger partial charge on any atom is -0.369 e. The van der Waals surface area contributed by atoms with Crippen LogP contribution in [0, 0.1) is 0 Å². The summed E-state index contributed by atoms with van der Waals surface area (Å²) in [6, 6.07) is 19.3. The molecule has 1 aliphatic carbocycles. The molecule has 2 aromatic rings. The molecule has 2 aliphatic rings. The summed E-state index contributed by atoms with van der Waals surface area (Å²) in [6.07, 6.45) is 3.01. The number of para-hydroxylation sites is 1. The molecule has 5 nitrogen and oxygen atoms in total. The fourth-order valence-corrected chi connectivity index (χ4v) is 4.45. The first-order valence-electron chi connectivity index (χ1n) is 10.9. The molecule has 4 rings (SSSR count). The largest absolute Gasteiger partial charge is 0.369 e. The predicted octanol–water partition coefficient (Wildman–Crippen LogP) is 3.57. The molecular formula is C24H32N4O. The smallest absolute Gasteiger partial charge is 0.315 e. The van der Waals surface area contributed by atoms with Crippen molar-refractivity contribution in [3.63, 3.8) is 0 Å². The highest BCUT2D eigenvalue weighted by Gasteiger charge is 2.24. The molecule has 5 heteroatoms. The van der Waals surface area contributed by atoms with Crippen LogP contribution in [0.1, 0.15) is 36.9 Å². The van der Waals surface area contributed by atoms with Crippen molar-refractivity contribution in [1.29, 1.82) is 0 Å². The van der Waals surface area contributed by atoms with Crippen LogP contribution in [-0.4, -0.2) is 49.7 Å². The van der Waals surface area contributed by atoms with Crippen LogP contribution in [0.25, 0.3) is 0 Å². The summed E-state index contributed by atoms with van der Waals surface area (Å²) in [5.74, 6) is 0. The molecule has 2 N–H and O–H groups in total. The van der Waals surface area contributed by atoms with Gasteiger partial charge in [0.2, 0.25) is 0 Å². The Hall–Kier alpha value is -2.53. The summed E-state index contributed by atoms with van der Waals surface area (Å²) in [5, 5.41) is 6.28. The molecule has 0 saturated carbocycles. The lowest BCUT2D eigenvalue weighted by molar-refractivity contribution is 0.225. The fourth-order valence-electron chi connectivity index (χ4n) is 4.45. The molecular weight excluding hydrogens is 360 g/mol. The maximum Gasteiger partial charge on any atom is 0.315 e. The molecule has 29 heavy (non-hydrogen) atoms. The Bertz CT molecular complexity index is 802. The Morgan fingerprint density at radius 1 is 1.03 bits per heavy atom. The first-order valence-corrected chi connectivity index (χ1v) is 10.9. The monoisotopic (exact) mass is 392 g/mol. The number of hydrogen-bond acceptors (Lipinski definition) is 3. The standard InChI is InChI=1S/C24H32N4O/c1-19(25-24(29)26-23-12-11-20-7-5-6-10-22(20)23)13-14-27-15-17-28(18-16-27)21-8-3-2-4-9-21/h2-10,19,23H,11-18H2,1H3,(H2,25,26,29)/t19-,23+/m0/s1. The first kappa shape index (κ1) is 19.8. The molecule has 0 spiro atoms. The summed E-state index contributed by atoms with van der Waals surface area (Å²) >= 11 is 0. The van der Waals surface area contributed by atoms with Crippen LogP contribution < -0.4 is 15.5 Å². The zero-order chi connectivity index (χ0) is 20.1.